The van der Waals surface area contributed by atoms with E-state index in [0.29, 0.717) is 22.3 Å². The number of nitro benzene ring substituents is 1. The zero-order chi connectivity index (χ0) is 20.3. The van der Waals surface area contributed by atoms with Crippen LogP contribution < -0.4 is 10.4 Å². The lowest BCUT2D eigenvalue weighted by molar-refractivity contribution is -0.384. The van der Waals surface area contributed by atoms with Crippen molar-refractivity contribution in [3.63, 3.8) is 0 Å². The van der Waals surface area contributed by atoms with Gasteiger partial charge in [-0.05, 0) is 31.5 Å². The fourth-order valence-corrected chi connectivity index (χ4v) is 2.75. The first-order valence-electron chi connectivity index (χ1n) is 8.55. The van der Waals surface area contributed by atoms with Crippen LogP contribution in [0.2, 0.25) is 0 Å². The van der Waals surface area contributed by atoms with Crippen molar-refractivity contribution in [2.75, 3.05) is 6.61 Å². The summed E-state index contributed by atoms with van der Waals surface area (Å²) in [5.74, 6) is -0.179. The van der Waals surface area contributed by atoms with E-state index in [4.69, 9.17) is 13.9 Å². The normalized spacial score (nSPS) is 11.8. The first-order chi connectivity index (χ1) is 13.4. The zero-order valence-corrected chi connectivity index (χ0v) is 15.2. The van der Waals surface area contributed by atoms with Gasteiger partial charge >= 0.3 is 11.6 Å². The van der Waals surface area contributed by atoms with Crippen molar-refractivity contribution in [1.29, 1.82) is 0 Å². The van der Waals surface area contributed by atoms with Gasteiger partial charge in [-0.2, -0.15) is 0 Å². The highest BCUT2D eigenvalue weighted by Crippen LogP contribution is 2.31. The lowest BCUT2D eigenvalue weighted by atomic mass is 10.0. The molecule has 28 heavy (non-hydrogen) atoms. The number of nitro groups is 1. The molecule has 0 fully saturated rings. The van der Waals surface area contributed by atoms with Crippen molar-refractivity contribution in [3.05, 3.63) is 69.1 Å². The van der Waals surface area contributed by atoms with Gasteiger partial charge in [0.25, 0.3) is 5.69 Å². The number of benzene rings is 2. The molecule has 1 atom stereocenters. The highest BCUT2D eigenvalue weighted by molar-refractivity contribution is 5.94. The number of carbonyl (C=O) groups is 1. The Labute approximate surface area is 159 Å². The number of ether oxygens (including phenoxy) is 2. The zero-order valence-electron chi connectivity index (χ0n) is 15.2. The first-order valence-corrected chi connectivity index (χ1v) is 8.55. The Bertz CT molecular complexity index is 1100. The van der Waals surface area contributed by atoms with Crippen LogP contribution in [0.4, 0.5) is 5.69 Å². The molecular weight excluding hydrogens is 366 g/mol. The average molecular weight is 383 g/mol. The first kappa shape index (κ1) is 19.1. The molecule has 0 bridgehead atoms. The molecule has 0 unspecified atom stereocenters. The number of esters is 1. The monoisotopic (exact) mass is 383 g/mol. The Kier molecular flexibility index (Phi) is 5.39. The molecule has 0 aliphatic heterocycles. The van der Waals surface area contributed by atoms with E-state index >= 15 is 0 Å². The maximum Gasteiger partial charge on any atom is 0.347 e. The number of fused-ring (bicyclic) bond motifs is 1. The summed E-state index contributed by atoms with van der Waals surface area (Å²) in [5.41, 5.74) is 0.565. The molecule has 0 amide bonds. The Morgan fingerprint density at radius 2 is 2.00 bits per heavy atom. The number of hydrogen-bond donors (Lipinski definition) is 0. The molecule has 3 aromatic rings. The summed E-state index contributed by atoms with van der Waals surface area (Å²) in [6.45, 7) is 3.49. The topological polar surface area (TPSA) is 109 Å². The fourth-order valence-electron chi connectivity index (χ4n) is 2.75. The van der Waals surface area contributed by atoms with Gasteiger partial charge in [0.2, 0.25) is 0 Å². The van der Waals surface area contributed by atoms with E-state index in [0.717, 1.165) is 0 Å². The molecule has 0 saturated heterocycles. The Hall–Kier alpha value is -3.68. The number of rotatable bonds is 6. The molecule has 0 spiro atoms. The summed E-state index contributed by atoms with van der Waals surface area (Å²) in [4.78, 5) is 34.3. The molecule has 144 valence electrons. The van der Waals surface area contributed by atoms with Crippen LogP contribution in [0.5, 0.6) is 5.75 Å². The quantitative estimate of drug-likeness (QED) is 0.276. The smallest absolute Gasteiger partial charge is 0.347 e. The minimum atomic E-state index is -0.830. The van der Waals surface area contributed by atoms with Gasteiger partial charge in [0.1, 0.15) is 11.3 Å². The summed E-state index contributed by atoms with van der Waals surface area (Å²) >= 11 is 0. The van der Waals surface area contributed by atoms with Crippen molar-refractivity contribution in [2.24, 2.45) is 0 Å². The maximum atomic E-state index is 12.0. The van der Waals surface area contributed by atoms with Gasteiger partial charge in [0, 0.05) is 35.2 Å². The summed E-state index contributed by atoms with van der Waals surface area (Å²) < 4.78 is 15.7. The van der Waals surface area contributed by atoms with E-state index in [1.807, 2.05) is 0 Å². The molecule has 2 aromatic carbocycles. The summed E-state index contributed by atoms with van der Waals surface area (Å²) in [7, 11) is 0. The second kappa shape index (κ2) is 7.91. The second-order valence-corrected chi connectivity index (χ2v) is 5.96. The third kappa shape index (κ3) is 4.01. The van der Waals surface area contributed by atoms with Crippen LogP contribution in [0.1, 0.15) is 13.8 Å². The molecule has 8 nitrogen and oxygen atoms in total. The predicted molar refractivity (Wildman–Crippen MR) is 101 cm³/mol. The fraction of sp³-hybridized carbons (Fsp3) is 0.200. The minimum Gasteiger partial charge on any atom is -0.479 e. The average Bonchev–Trinajstić information content (AvgIpc) is 2.67. The Morgan fingerprint density at radius 3 is 2.71 bits per heavy atom. The molecular formula is C20H17NO7. The summed E-state index contributed by atoms with van der Waals surface area (Å²) in [6.07, 6.45) is -0.830. The molecule has 0 aliphatic rings. The van der Waals surface area contributed by atoms with Gasteiger partial charge in [0.05, 0.1) is 11.5 Å². The van der Waals surface area contributed by atoms with Crippen molar-refractivity contribution >= 4 is 22.6 Å². The molecule has 1 aromatic heterocycles. The van der Waals surface area contributed by atoms with Crippen LogP contribution >= 0.6 is 0 Å². The van der Waals surface area contributed by atoms with Crippen LogP contribution in [0.25, 0.3) is 22.1 Å². The van der Waals surface area contributed by atoms with Gasteiger partial charge < -0.3 is 13.9 Å². The second-order valence-electron chi connectivity index (χ2n) is 5.96. The van der Waals surface area contributed by atoms with Crippen LogP contribution in [0.3, 0.4) is 0 Å². The third-order valence-corrected chi connectivity index (χ3v) is 4.02. The van der Waals surface area contributed by atoms with Gasteiger partial charge in [-0.25, -0.2) is 9.59 Å². The lowest BCUT2D eigenvalue weighted by Crippen LogP contribution is -2.26. The summed E-state index contributed by atoms with van der Waals surface area (Å²) in [5, 5.41) is 11.6. The van der Waals surface area contributed by atoms with Crippen molar-refractivity contribution in [2.45, 2.75) is 20.0 Å². The molecule has 0 saturated carbocycles. The van der Waals surface area contributed by atoms with Crippen LogP contribution in [0, 0.1) is 10.1 Å². The van der Waals surface area contributed by atoms with E-state index in [1.54, 1.807) is 38.1 Å². The van der Waals surface area contributed by atoms with Gasteiger partial charge in [-0.15, -0.1) is 0 Å². The highest BCUT2D eigenvalue weighted by atomic mass is 16.6. The van der Waals surface area contributed by atoms with Gasteiger partial charge in [-0.3, -0.25) is 10.1 Å². The van der Waals surface area contributed by atoms with Gasteiger partial charge in [0.15, 0.2) is 6.10 Å². The highest BCUT2D eigenvalue weighted by Gasteiger charge is 2.17. The number of hydrogen-bond acceptors (Lipinski definition) is 7. The van der Waals surface area contributed by atoms with Crippen molar-refractivity contribution in [1.82, 2.24) is 0 Å². The van der Waals surface area contributed by atoms with Crippen LogP contribution in [-0.4, -0.2) is 23.6 Å². The lowest BCUT2D eigenvalue weighted by Gasteiger charge is -2.14. The minimum absolute atomic E-state index is 0.0814. The Balaban J connectivity index is 2.03. The molecule has 3 rings (SSSR count). The molecule has 0 radical (unpaired) electrons. The maximum absolute atomic E-state index is 12.0. The molecule has 0 N–H and O–H groups in total. The predicted octanol–water partition coefficient (Wildman–Crippen LogP) is 3.70. The van der Waals surface area contributed by atoms with E-state index in [1.165, 1.54) is 24.3 Å². The number of non-ortho nitro benzene ring substituents is 1. The van der Waals surface area contributed by atoms with Crippen LogP contribution in [-0.2, 0) is 9.53 Å². The van der Waals surface area contributed by atoms with E-state index in [2.05, 4.69) is 0 Å². The molecule has 8 heteroatoms. The molecule has 0 aliphatic carbocycles. The SMILES string of the molecule is CCOC(=O)[C@H](C)Oc1ccc2c(-c3cccc([N+](=O)[O-])c3)cc(=O)oc2c1. The molecule has 1 heterocycles. The van der Waals surface area contributed by atoms with Crippen LogP contribution in [0.15, 0.2) is 57.7 Å². The van der Waals surface area contributed by atoms with Gasteiger partial charge in [-0.1, -0.05) is 12.1 Å². The largest absolute Gasteiger partial charge is 0.479 e. The van der Waals surface area contributed by atoms with E-state index < -0.39 is 22.6 Å². The standard InChI is InChI=1S/C20H17NO7/c1-3-26-20(23)12(2)27-15-7-8-16-17(11-19(22)28-18(16)10-15)13-5-4-6-14(9-13)21(24)25/h4-12H,3H2,1-2H3/t12-/m0/s1. The van der Waals surface area contributed by atoms with Crippen molar-refractivity contribution < 1.29 is 23.6 Å². The van der Waals surface area contributed by atoms with E-state index in [9.17, 15) is 19.7 Å². The Morgan fingerprint density at radius 1 is 1.21 bits per heavy atom. The van der Waals surface area contributed by atoms with Crippen molar-refractivity contribution in [3.8, 4) is 16.9 Å². The number of carbonyl (C=O) groups excluding carboxylic acids is 1. The summed E-state index contributed by atoms with van der Waals surface area (Å²) in [6, 6.07) is 12.1. The number of nitrogens with zero attached hydrogens (tertiary/aromatic N) is 1. The third-order valence-electron chi connectivity index (χ3n) is 4.02. The van der Waals surface area contributed by atoms with E-state index in [-0.39, 0.29) is 17.9 Å².